The van der Waals surface area contributed by atoms with Crippen molar-refractivity contribution in [2.75, 3.05) is 30.3 Å². The summed E-state index contributed by atoms with van der Waals surface area (Å²) < 4.78 is 36.4. The average Bonchev–Trinajstić information content (AvgIpc) is 3.09. The molecular formula is C19H20N2O5S. The quantitative estimate of drug-likeness (QED) is 0.860. The summed E-state index contributed by atoms with van der Waals surface area (Å²) in [5.74, 6) is 1.15. The van der Waals surface area contributed by atoms with Gasteiger partial charge in [0.1, 0.15) is 12.7 Å². The van der Waals surface area contributed by atoms with Gasteiger partial charge in [-0.2, -0.15) is 0 Å². The van der Waals surface area contributed by atoms with E-state index in [-0.39, 0.29) is 12.0 Å². The van der Waals surface area contributed by atoms with E-state index < -0.39 is 10.0 Å². The highest BCUT2D eigenvalue weighted by Crippen LogP contribution is 2.31. The number of ether oxygens (including phenoxy) is 2. The van der Waals surface area contributed by atoms with Crippen LogP contribution >= 0.6 is 0 Å². The monoisotopic (exact) mass is 388 g/mol. The number of anilines is 1. The number of hydrogen-bond acceptors (Lipinski definition) is 5. The number of benzene rings is 2. The summed E-state index contributed by atoms with van der Waals surface area (Å²) in [7, 11) is -3.30. The molecule has 7 nitrogen and oxygen atoms in total. The number of sulfonamides is 1. The number of carbonyl (C=O) groups excluding carboxylic acids is 1. The van der Waals surface area contributed by atoms with Crippen LogP contribution < -0.4 is 19.1 Å². The fourth-order valence-corrected chi connectivity index (χ4v) is 4.29. The van der Waals surface area contributed by atoms with Gasteiger partial charge in [-0.05, 0) is 42.3 Å². The first-order valence-electron chi connectivity index (χ1n) is 8.69. The van der Waals surface area contributed by atoms with E-state index in [1.807, 2.05) is 24.3 Å². The standard InChI is InChI=1S/C19H20N2O5S/c1-27(23,24)21-9-8-13-10-14(6-7-16(13)21)19(22)20-11-15-12-25-17-4-2-3-5-18(17)26-15/h2-7,10,15H,8-9,11-12H2,1H3,(H,20,22)/t15-/m1/s1. The molecule has 0 aliphatic carbocycles. The van der Waals surface area contributed by atoms with Gasteiger partial charge in [-0.3, -0.25) is 9.10 Å². The van der Waals surface area contributed by atoms with Crippen molar-refractivity contribution in [3.63, 3.8) is 0 Å². The fraction of sp³-hybridized carbons (Fsp3) is 0.316. The van der Waals surface area contributed by atoms with Gasteiger partial charge in [0.05, 0.1) is 18.5 Å². The first kappa shape index (κ1) is 17.7. The maximum absolute atomic E-state index is 12.5. The van der Waals surface area contributed by atoms with Crippen LogP contribution in [0.15, 0.2) is 42.5 Å². The Hall–Kier alpha value is -2.74. The third-order valence-electron chi connectivity index (χ3n) is 4.65. The van der Waals surface area contributed by atoms with E-state index in [0.29, 0.717) is 48.9 Å². The van der Waals surface area contributed by atoms with Crippen LogP contribution in [0.3, 0.4) is 0 Å². The SMILES string of the molecule is CS(=O)(=O)N1CCc2cc(C(=O)NC[C@@H]3COc4ccccc4O3)ccc21. The first-order valence-corrected chi connectivity index (χ1v) is 10.5. The van der Waals surface area contributed by atoms with E-state index in [1.165, 1.54) is 10.6 Å². The summed E-state index contributed by atoms with van der Waals surface area (Å²) in [5.41, 5.74) is 2.01. The van der Waals surface area contributed by atoms with Gasteiger partial charge in [0.15, 0.2) is 11.5 Å². The van der Waals surface area contributed by atoms with Gasteiger partial charge >= 0.3 is 0 Å². The number of carbonyl (C=O) groups is 1. The minimum atomic E-state index is -3.30. The molecule has 27 heavy (non-hydrogen) atoms. The smallest absolute Gasteiger partial charge is 0.251 e. The van der Waals surface area contributed by atoms with Crippen LogP contribution in [-0.2, 0) is 16.4 Å². The van der Waals surface area contributed by atoms with E-state index in [9.17, 15) is 13.2 Å². The maximum Gasteiger partial charge on any atom is 0.251 e. The molecular weight excluding hydrogens is 368 g/mol. The van der Waals surface area contributed by atoms with E-state index >= 15 is 0 Å². The van der Waals surface area contributed by atoms with Gasteiger partial charge in [0, 0.05) is 12.1 Å². The zero-order chi connectivity index (χ0) is 19.0. The van der Waals surface area contributed by atoms with E-state index in [1.54, 1.807) is 18.2 Å². The van der Waals surface area contributed by atoms with Crippen molar-refractivity contribution in [2.45, 2.75) is 12.5 Å². The molecule has 1 N–H and O–H groups in total. The second-order valence-corrected chi connectivity index (χ2v) is 8.54. The van der Waals surface area contributed by atoms with Gasteiger partial charge in [0.25, 0.3) is 5.91 Å². The van der Waals surface area contributed by atoms with Gasteiger partial charge < -0.3 is 14.8 Å². The largest absolute Gasteiger partial charge is 0.486 e. The highest BCUT2D eigenvalue weighted by atomic mass is 32.2. The van der Waals surface area contributed by atoms with Crippen LogP contribution in [-0.4, -0.2) is 46.4 Å². The average molecular weight is 388 g/mol. The number of para-hydroxylation sites is 2. The zero-order valence-electron chi connectivity index (χ0n) is 14.8. The van der Waals surface area contributed by atoms with Crippen LogP contribution in [0.25, 0.3) is 0 Å². The molecule has 0 unspecified atom stereocenters. The number of nitrogens with zero attached hydrogens (tertiary/aromatic N) is 1. The Labute approximate surface area is 157 Å². The molecule has 2 aliphatic rings. The summed E-state index contributed by atoms with van der Waals surface area (Å²) in [6.07, 6.45) is 1.52. The highest BCUT2D eigenvalue weighted by Gasteiger charge is 2.27. The second-order valence-electron chi connectivity index (χ2n) is 6.64. The number of nitrogens with one attached hydrogen (secondary N) is 1. The van der Waals surface area contributed by atoms with Crippen molar-refractivity contribution < 1.29 is 22.7 Å². The summed E-state index contributed by atoms with van der Waals surface area (Å²) >= 11 is 0. The van der Waals surface area contributed by atoms with Gasteiger partial charge in [-0.15, -0.1) is 0 Å². The van der Waals surface area contributed by atoms with Crippen molar-refractivity contribution in [1.82, 2.24) is 5.32 Å². The topological polar surface area (TPSA) is 84.9 Å². The Kier molecular flexibility index (Phi) is 4.43. The van der Waals surface area contributed by atoms with E-state index in [2.05, 4.69) is 5.32 Å². The van der Waals surface area contributed by atoms with Crippen molar-refractivity contribution in [3.05, 3.63) is 53.6 Å². The Balaban J connectivity index is 1.40. The fourth-order valence-electron chi connectivity index (χ4n) is 3.33. The van der Waals surface area contributed by atoms with Crippen molar-refractivity contribution in [2.24, 2.45) is 0 Å². The summed E-state index contributed by atoms with van der Waals surface area (Å²) in [4.78, 5) is 12.5. The van der Waals surface area contributed by atoms with Crippen LogP contribution in [0.4, 0.5) is 5.69 Å². The van der Waals surface area contributed by atoms with Crippen LogP contribution in [0.2, 0.25) is 0 Å². The molecule has 142 valence electrons. The third kappa shape index (κ3) is 3.57. The molecule has 0 fully saturated rings. The third-order valence-corrected chi connectivity index (χ3v) is 5.83. The second kappa shape index (κ2) is 6.77. The minimum Gasteiger partial charge on any atom is -0.486 e. The molecule has 0 saturated carbocycles. The van der Waals surface area contributed by atoms with E-state index in [0.717, 1.165) is 5.56 Å². The lowest BCUT2D eigenvalue weighted by atomic mass is 10.1. The molecule has 2 heterocycles. The Morgan fingerprint density at radius 3 is 2.78 bits per heavy atom. The number of hydrogen-bond donors (Lipinski definition) is 1. The molecule has 2 aromatic carbocycles. The summed E-state index contributed by atoms with van der Waals surface area (Å²) in [5, 5.41) is 2.86. The van der Waals surface area contributed by atoms with Crippen molar-refractivity contribution >= 4 is 21.6 Å². The lowest BCUT2D eigenvalue weighted by Gasteiger charge is -2.26. The molecule has 1 atom stereocenters. The number of rotatable bonds is 4. The zero-order valence-corrected chi connectivity index (χ0v) is 15.7. The molecule has 0 radical (unpaired) electrons. The maximum atomic E-state index is 12.5. The minimum absolute atomic E-state index is 0.224. The molecule has 0 aromatic heterocycles. The molecule has 0 saturated heterocycles. The lowest BCUT2D eigenvalue weighted by Crippen LogP contribution is -2.40. The molecule has 4 rings (SSSR count). The van der Waals surface area contributed by atoms with Crippen LogP contribution in [0.5, 0.6) is 11.5 Å². The molecule has 2 aliphatic heterocycles. The Morgan fingerprint density at radius 1 is 1.22 bits per heavy atom. The van der Waals surface area contributed by atoms with Gasteiger partial charge in [-0.1, -0.05) is 12.1 Å². The lowest BCUT2D eigenvalue weighted by molar-refractivity contribution is 0.0789. The summed E-state index contributed by atoms with van der Waals surface area (Å²) in [6, 6.07) is 12.5. The molecule has 2 aromatic rings. The molecule has 0 bridgehead atoms. The van der Waals surface area contributed by atoms with Gasteiger partial charge in [0.2, 0.25) is 10.0 Å². The van der Waals surface area contributed by atoms with Gasteiger partial charge in [-0.25, -0.2) is 8.42 Å². The van der Waals surface area contributed by atoms with Crippen molar-refractivity contribution in [1.29, 1.82) is 0 Å². The van der Waals surface area contributed by atoms with Crippen molar-refractivity contribution in [3.8, 4) is 11.5 Å². The van der Waals surface area contributed by atoms with E-state index in [4.69, 9.17) is 9.47 Å². The molecule has 8 heteroatoms. The van der Waals surface area contributed by atoms with Crippen LogP contribution in [0.1, 0.15) is 15.9 Å². The molecule has 0 spiro atoms. The predicted molar refractivity (Wildman–Crippen MR) is 101 cm³/mol. The Morgan fingerprint density at radius 2 is 2.00 bits per heavy atom. The number of amides is 1. The summed E-state index contributed by atoms with van der Waals surface area (Å²) in [6.45, 7) is 1.09. The highest BCUT2D eigenvalue weighted by molar-refractivity contribution is 7.92. The van der Waals surface area contributed by atoms with Crippen LogP contribution in [0, 0.1) is 0 Å². The Bertz CT molecular complexity index is 989. The normalized spacial score (nSPS) is 18.1. The number of fused-ring (bicyclic) bond motifs is 2. The predicted octanol–water partition coefficient (Wildman–Crippen LogP) is 1.58. The first-order chi connectivity index (χ1) is 12.9. The molecule has 1 amide bonds.